The number of anilines is 1. The molecular formula is C23H35N3O3. The molecule has 0 saturated heterocycles. The van der Waals surface area contributed by atoms with E-state index in [0.717, 1.165) is 50.5 Å². The average molecular weight is 402 g/mol. The van der Waals surface area contributed by atoms with Crippen LogP contribution in [0.5, 0.6) is 0 Å². The first-order chi connectivity index (χ1) is 14.0. The minimum Gasteiger partial charge on any atom is -0.345 e. The van der Waals surface area contributed by atoms with E-state index in [-0.39, 0.29) is 36.9 Å². The molecule has 160 valence electrons. The lowest BCUT2D eigenvalue weighted by molar-refractivity contribution is -0.139. The summed E-state index contributed by atoms with van der Waals surface area (Å²) in [6.07, 6.45) is 8.75. The Kier molecular flexibility index (Phi) is 9.68. The van der Waals surface area contributed by atoms with Crippen molar-refractivity contribution in [3.63, 3.8) is 0 Å². The van der Waals surface area contributed by atoms with Gasteiger partial charge in [0.1, 0.15) is 0 Å². The summed E-state index contributed by atoms with van der Waals surface area (Å²) < 4.78 is 0. The van der Waals surface area contributed by atoms with Crippen molar-refractivity contribution < 1.29 is 14.4 Å². The third-order valence-corrected chi connectivity index (χ3v) is 5.39. The maximum atomic E-state index is 12.7. The highest BCUT2D eigenvalue weighted by Gasteiger charge is 2.27. The molecule has 3 amide bonds. The Bertz CT molecular complexity index is 684. The van der Waals surface area contributed by atoms with E-state index in [0.29, 0.717) is 12.1 Å². The molecule has 0 unspecified atom stereocenters. The Morgan fingerprint density at radius 3 is 2.52 bits per heavy atom. The van der Waals surface area contributed by atoms with E-state index >= 15 is 0 Å². The quantitative estimate of drug-likeness (QED) is 0.586. The predicted molar refractivity (Wildman–Crippen MR) is 116 cm³/mol. The van der Waals surface area contributed by atoms with Gasteiger partial charge in [0.2, 0.25) is 17.7 Å². The fraction of sp³-hybridized carbons (Fsp3) is 0.609. The Morgan fingerprint density at radius 1 is 1.07 bits per heavy atom. The standard InChI is InChI=1S/C23H35N3O3/c1-3-4-6-14-23(29)26(20-12-7-5-8-13-20)17-22(28)24-16-21(27)25-19-11-9-10-18(2)15-19/h9-11,15,20H,3-8,12-14,16-17H2,1-2H3,(H,24,28)(H,25,27). The normalized spacial score (nSPS) is 14.3. The maximum Gasteiger partial charge on any atom is 0.243 e. The summed E-state index contributed by atoms with van der Waals surface area (Å²) in [5.41, 5.74) is 1.76. The van der Waals surface area contributed by atoms with Crippen LogP contribution in [0.1, 0.15) is 70.3 Å². The Morgan fingerprint density at radius 2 is 1.83 bits per heavy atom. The van der Waals surface area contributed by atoms with Crippen LogP contribution >= 0.6 is 0 Å². The van der Waals surface area contributed by atoms with E-state index in [1.165, 1.54) is 6.42 Å². The summed E-state index contributed by atoms with van der Waals surface area (Å²) in [5, 5.41) is 5.44. The number of rotatable bonds is 10. The Labute approximate surface area is 174 Å². The molecule has 0 aliphatic heterocycles. The second-order valence-corrected chi connectivity index (χ2v) is 7.96. The van der Waals surface area contributed by atoms with Gasteiger partial charge in [-0.15, -0.1) is 0 Å². The van der Waals surface area contributed by atoms with E-state index in [2.05, 4.69) is 17.6 Å². The molecule has 1 saturated carbocycles. The van der Waals surface area contributed by atoms with Gasteiger partial charge >= 0.3 is 0 Å². The van der Waals surface area contributed by atoms with E-state index in [9.17, 15) is 14.4 Å². The van der Waals surface area contributed by atoms with Gasteiger partial charge in [-0.3, -0.25) is 14.4 Å². The molecule has 0 bridgehead atoms. The molecule has 6 nitrogen and oxygen atoms in total. The molecule has 1 aromatic carbocycles. The molecular weight excluding hydrogens is 366 g/mol. The molecule has 1 aliphatic rings. The first-order valence-electron chi connectivity index (χ1n) is 10.9. The number of nitrogens with zero attached hydrogens (tertiary/aromatic N) is 1. The van der Waals surface area contributed by atoms with Gasteiger partial charge in [0.25, 0.3) is 0 Å². The lowest BCUT2D eigenvalue weighted by Crippen LogP contribution is -2.48. The molecule has 0 aromatic heterocycles. The summed E-state index contributed by atoms with van der Waals surface area (Å²) in [7, 11) is 0. The van der Waals surface area contributed by atoms with Crippen molar-refractivity contribution in [2.24, 2.45) is 0 Å². The second kappa shape index (κ2) is 12.2. The first-order valence-corrected chi connectivity index (χ1v) is 10.9. The lowest BCUT2D eigenvalue weighted by atomic mass is 9.93. The highest BCUT2D eigenvalue weighted by Crippen LogP contribution is 2.23. The van der Waals surface area contributed by atoms with Gasteiger partial charge in [-0.25, -0.2) is 0 Å². The van der Waals surface area contributed by atoms with Crippen molar-refractivity contribution in [1.29, 1.82) is 0 Å². The number of benzene rings is 1. The maximum absolute atomic E-state index is 12.7. The van der Waals surface area contributed by atoms with E-state index in [1.807, 2.05) is 31.2 Å². The number of nitrogens with one attached hydrogen (secondary N) is 2. The zero-order valence-electron chi connectivity index (χ0n) is 17.8. The van der Waals surface area contributed by atoms with E-state index in [4.69, 9.17) is 0 Å². The van der Waals surface area contributed by atoms with Gasteiger partial charge in [0, 0.05) is 18.2 Å². The largest absolute Gasteiger partial charge is 0.345 e. The van der Waals surface area contributed by atoms with Crippen LogP contribution in [-0.4, -0.2) is 41.8 Å². The number of unbranched alkanes of at least 4 members (excludes halogenated alkanes) is 2. The van der Waals surface area contributed by atoms with Crippen LogP contribution in [-0.2, 0) is 14.4 Å². The van der Waals surface area contributed by atoms with Crippen LogP contribution < -0.4 is 10.6 Å². The zero-order valence-corrected chi connectivity index (χ0v) is 17.8. The smallest absolute Gasteiger partial charge is 0.243 e. The van der Waals surface area contributed by atoms with Crippen LogP contribution in [0.4, 0.5) is 5.69 Å². The molecule has 0 radical (unpaired) electrons. The SMILES string of the molecule is CCCCCC(=O)N(CC(=O)NCC(=O)Nc1cccc(C)c1)C1CCCCC1. The van der Waals surface area contributed by atoms with Gasteiger partial charge < -0.3 is 15.5 Å². The highest BCUT2D eigenvalue weighted by atomic mass is 16.2. The molecule has 1 aromatic rings. The molecule has 6 heteroatoms. The molecule has 29 heavy (non-hydrogen) atoms. The Hall–Kier alpha value is -2.37. The van der Waals surface area contributed by atoms with Gasteiger partial charge in [0.05, 0.1) is 13.1 Å². The number of carbonyl (C=O) groups is 3. The summed E-state index contributed by atoms with van der Waals surface area (Å²) in [4.78, 5) is 39.1. The summed E-state index contributed by atoms with van der Waals surface area (Å²) in [6, 6.07) is 7.65. The molecule has 0 heterocycles. The summed E-state index contributed by atoms with van der Waals surface area (Å²) in [6.45, 7) is 4.00. The highest BCUT2D eigenvalue weighted by molar-refractivity contribution is 5.95. The minimum atomic E-state index is -0.279. The van der Waals surface area contributed by atoms with Crippen molar-refractivity contribution >= 4 is 23.4 Å². The first kappa shape index (κ1) is 22.9. The van der Waals surface area contributed by atoms with Gasteiger partial charge in [-0.2, -0.15) is 0 Å². The fourth-order valence-electron chi connectivity index (χ4n) is 3.80. The van der Waals surface area contributed by atoms with Crippen LogP contribution in [0.25, 0.3) is 0 Å². The summed E-state index contributed by atoms with van der Waals surface area (Å²) >= 11 is 0. The number of aryl methyl sites for hydroxylation is 1. The fourth-order valence-corrected chi connectivity index (χ4v) is 3.80. The Balaban J connectivity index is 1.85. The number of carbonyl (C=O) groups excluding carboxylic acids is 3. The predicted octanol–water partition coefficient (Wildman–Crippen LogP) is 3.79. The topological polar surface area (TPSA) is 78.5 Å². The monoisotopic (exact) mass is 401 g/mol. The second-order valence-electron chi connectivity index (χ2n) is 7.96. The molecule has 2 rings (SSSR count). The average Bonchev–Trinajstić information content (AvgIpc) is 2.71. The van der Waals surface area contributed by atoms with Crippen LogP contribution in [0.3, 0.4) is 0 Å². The van der Waals surface area contributed by atoms with Crippen molar-refractivity contribution in [2.75, 3.05) is 18.4 Å². The van der Waals surface area contributed by atoms with Gasteiger partial charge in [0.15, 0.2) is 0 Å². The molecule has 2 N–H and O–H groups in total. The van der Waals surface area contributed by atoms with E-state index < -0.39 is 0 Å². The molecule has 1 fully saturated rings. The molecule has 0 spiro atoms. The number of hydrogen-bond acceptors (Lipinski definition) is 3. The van der Waals surface area contributed by atoms with Crippen molar-refractivity contribution in [3.8, 4) is 0 Å². The molecule has 1 aliphatic carbocycles. The van der Waals surface area contributed by atoms with Crippen molar-refractivity contribution in [2.45, 2.75) is 77.7 Å². The van der Waals surface area contributed by atoms with Crippen molar-refractivity contribution in [3.05, 3.63) is 29.8 Å². The van der Waals surface area contributed by atoms with Crippen molar-refractivity contribution in [1.82, 2.24) is 10.2 Å². The van der Waals surface area contributed by atoms with Crippen LogP contribution in [0.2, 0.25) is 0 Å². The van der Waals surface area contributed by atoms with Gasteiger partial charge in [-0.1, -0.05) is 51.2 Å². The molecule has 0 atom stereocenters. The number of hydrogen-bond donors (Lipinski definition) is 2. The van der Waals surface area contributed by atoms with Crippen LogP contribution in [0.15, 0.2) is 24.3 Å². The van der Waals surface area contributed by atoms with Gasteiger partial charge in [-0.05, 0) is 43.9 Å². The van der Waals surface area contributed by atoms with Crippen LogP contribution in [0, 0.1) is 6.92 Å². The summed E-state index contributed by atoms with van der Waals surface area (Å²) in [5.74, 6) is -0.494. The zero-order chi connectivity index (χ0) is 21.1. The number of amides is 3. The third kappa shape index (κ3) is 8.26. The van der Waals surface area contributed by atoms with E-state index in [1.54, 1.807) is 4.90 Å². The minimum absolute atomic E-state index is 0.0351. The third-order valence-electron chi connectivity index (χ3n) is 5.39. The lowest BCUT2D eigenvalue weighted by Gasteiger charge is -2.34.